The number of carbonyl (C=O) groups is 2. The number of likely N-dealkylation sites (N-methyl/N-ethyl adjacent to an activating group) is 1. The molecule has 1 N–H and O–H groups in total. The van der Waals surface area contributed by atoms with Crippen LogP contribution in [-0.2, 0) is 9.53 Å². The van der Waals surface area contributed by atoms with Crippen LogP contribution < -0.4 is 5.32 Å². The van der Waals surface area contributed by atoms with E-state index in [0.29, 0.717) is 30.1 Å². The molecule has 0 saturated heterocycles. The number of amides is 1. The third-order valence-electron chi connectivity index (χ3n) is 3.88. The Morgan fingerprint density at radius 3 is 2.63 bits per heavy atom. The highest BCUT2D eigenvalue weighted by Gasteiger charge is 2.20. The van der Waals surface area contributed by atoms with Gasteiger partial charge in [-0.3, -0.25) is 9.69 Å². The summed E-state index contributed by atoms with van der Waals surface area (Å²) in [6.07, 6.45) is 0.367. The standard InChI is InChI=1S/C20H23N3O3S/c1-3-23(12-8-11-21)14-18(24)22-16-13-17(15-9-6-5-7-10-15)27-19(16)20(25)26-4-2/h5-7,9-10,13H,3-4,8,12,14H2,1-2H3,(H,22,24). The molecule has 0 atom stereocenters. The van der Waals surface area contributed by atoms with E-state index >= 15 is 0 Å². The number of nitrogens with zero attached hydrogens (tertiary/aromatic N) is 2. The molecule has 0 bridgehead atoms. The summed E-state index contributed by atoms with van der Waals surface area (Å²) in [6.45, 7) is 5.31. The Morgan fingerprint density at radius 2 is 2.00 bits per heavy atom. The van der Waals surface area contributed by atoms with Gasteiger partial charge in [0.05, 0.1) is 24.9 Å². The Hall–Kier alpha value is -2.69. The predicted octanol–water partition coefficient (Wildman–Crippen LogP) is 3.77. The molecule has 0 aliphatic carbocycles. The van der Waals surface area contributed by atoms with E-state index in [1.165, 1.54) is 11.3 Å². The first-order valence-electron chi connectivity index (χ1n) is 8.84. The van der Waals surface area contributed by atoms with Crippen molar-refractivity contribution >= 4 is 28.9 Å². The number of carbonyl (C=O) groups excluding carboxylic acids is 2. The average molecular weight is 385 g/mol. The topological polar surface area (TPSA) is 82.4 Å². The van der Waals surface area contributed by atoms with Crippen molar-refractivity contribution in [2.45, 2.75) is 20.3 Å². The van der Waals surface area contributed by atoms with Crippen molar-refractivity contribution in [3.8, 4) is 16.5 Å². The third kappa shape index (κ3) is 5.91. The van der Waals surface area contributed by atoms with Crippen LogP contribution in [-0.4, -0.2) is 43.0 Å². The molecule has 0 aliphatic heterocycles. The summed E-state index contributed by atoms with van der Waals surface area (Å²) in [4.78, 5) is 27.9. The van der Waals surface area contributed by atoms with Crippen LogP contribution in [0.3, 0.4) is 0 Å². The second-order valence-electron chi connectivity index (χ2n) is 5.77. The lowest BCUT2D eigenvalue weighted by molar-refractivity contribution is -0.117. The SMILES string of the molecule is CCOC(=O)c1sc(-c2ccccc2)cc1NC(=O)CN(CC)CCC#N. The summed E-state index contributed by atoms with van der Waals surface area (Å²) >= 11 is 1.30. The van der Waals surface area contributed by atoms with E-state index in [4.69, 9.17) is 10.00 Å². The Morgan fingerprint density at radius 1 is 1.26 bits per heavy atom. The van der Waals surface area contributed by atoms with E-state index in [0.717, 1.165) is 10.4 Å². The van der Waals surface area contributed by atoms with Crippen molar-refractivity contribution in [1.29, 1.82) is 5.26 Å². The highest BCUT2D eigenvalue weighted by Crippen LogP contribution is 2.35. The Labute approximate surface area is 163 Å². The number of benzene rings is 1. The largest absolute Gasteiger partial charge is 0.462 e. The highest BCUT2D eigenvalue weighted by molar-refractivity contribution is 7.18. The maximum absolute atomic E-state index is 12.4. The summed E-state index contributed by atoms with van der Waals surface area (Å²) in [5, 5.41) is 11.5. The van der Waals surface area contributed by atoms with Gasteiger partial charge in [-0.15, -0.1) is 11.3 Å². The molecule has 142 valence electrons. The Bertz CT molecular complexity index is 812. The van der Waals surface area contributed by atoms with Gasteiger partial charge >= 0.3 is 5.97 Å². The fraction of sp³-hybridized carbons (Fsp3) is 0.350. The molecular weight excluding hydrogens is 362 g/mol. The first-order chi connectivity index (χ1) is 13.1. The zero-order chi connectivity index (χ0) is 19.6. The van der Waals surface area contributed by atoms with E-state index in [9.17, 15) is 9.59 Å². The molecule has 1 aromatic heterocycles. The average Bonchev–Trinajstić information content (AvgIpc) is 3.09. The number of hydrogen-bond donors (Lipinski definition) is 1. The maximum Gasteiger partial charge on any atom is 0.350 e. The van der Waals surface area contributed by atoms with Crippen LogP contribution in [0.4, 0.5) is 5.69 Å². The van der Waals surface area contributed by atoms with E-state index < -0.39 is 5.97 Å². The molecule has 0 aliphatic rings. The van der Waals surface area contributed by atoms with Gasteiger partial charge in [-0.05, 0) is 25.1 Å². The molecule has 1 aromatic carbocycles. The lowest BCUT2D eigenvalue weighted by Crippen LogP contribution is -2.34. The third-order valence-corrected chi connectivity index (χ3v) is 5.04. The minimum Gasteiger partial charge on any atom is -0.462 e. The number of thiophene rings is 1. The zero-order valence-corrected chi connectivity index (χ0v) is 16.3. The second-order valence-corrected chi connectivity index (χ2v) is 6.82. The van der Waals surface area contributed by atoms with Crippen molar-refractivity contribution in [2.75, 3.05) is 31.6 Å². The van der Waals surface area contributed by atoms with Crippen LogP contribution in [0, 0.1) is 11.3 Å². The molecule has 2 rings (SSSR count). The van der Waals surface area contributed by atoms with E-state index in [2.05, 4.69) is 11.4 Å². The van der Waals surface area contributed by atoms with Crippen LogP contribution >= 0.6 is 11.3 Å². The van der Waals surface area contributed by atoms with Gasteiger partial charge in [-0.25, -0.2) is 4.79 Å². The van der Waals surface area contributed by atoms with Crippen molar-refractivity contribution in [3.63, 3.8) is 0 Å². The van der Waals surface area contributed by atoms with Gasteiger partial charge in [-0.2, -0.15) is 5.26 Å². The molecule has 1 amide bonds. The summed E-state index contributed by atoms with van der Waals surface area (Å²) in [6, 6.07) is 13.6. The van der Waals surface area contributed by atoms with Gasteiger partial charge in [0.15, 0.2) is 0 Å². The summed E-state index contributed by atoms with van der Waals surface area (Å²) in [7, 11) is 0. The molecule has 0 unspecified atom stereocenters. The number of esters is 1. The van der Waals surface area contributed by atoms with Gasteiger partial charge in [0, 0.05) is 17.8 Å². The van der Waals surface area contributed by atoms with E-state index in [1.54, 1.807) is 13.0 Å². The summed E-state index contributed by atoms with van der Waals surface area (Å²) in [5.41, 5.74) is 1.43. The lowest BCUT2D eigenvalue weighted by Gasteiger charge is -2.18. The van der Waals surface area contributed by atoms with Crippen molar-refractivity contribution in [1.82, 2.24) is 4.90 Å². The summed E-state index contributed by atoms with van der Waals surface area (Å²) < 4.78 is 5.13. The van der Waals surface area contributed by atoms with Gasteiger partial charge in [0.25, 0.3) is 0 Å². The lowest BCUT2D eigenvalue weighted by atomic mass is 10.2. The van der Waals surface area contributed by atoms with Gasteiger partial charge in [0.1, 0.15) is 4.88 Å². The Balaban J connectivity index is 2.21. The number of hydrogen-bond acceptors (Lipinski definition) is 6. The number of anilines is 1. The molecule has 1 heterocycles. The number of nitrogens with one attached hydrogen (secondary N) is 1. The fourth-order valence-corrected chi connectivity index (χ4v) is 3.54. The quantitative estimate of drug-likeness (QED) is 0.665. The maximum atomic E-state index is 12.4. The molecule has 27 heavy (non-hydrogen) atoms. The van der Waals surface area contributed by atoms with Gasteiger partial charge in [0.2, 0.25) is 5.91 Å². The van der Waals surface area contributed by atoms with Crippen LogP contribution in [0.2, 0.25) is 0 Å². The van der Waals surface area contributed by atoms with Crippen LogP contribution in [0.25, 0.3) is 10.4 Å². The Kier molecular flexibility index (Phi) is 7.99. The van der Waals surface area contributed by atoms with Gasteiger partial charge < -0.3 is 10.1 Å². The molecule has 0 spiro atoms. The first-order valence-corrected chi connectivity index (χ1v) is 9.66. The molecule has 6 nitrogen and oxygen atoms in total. The first kappa shape index (κ1) is 20.6. The van der Waals surface area contributed by atoms with Crippen LogP contribution in [0.5, 0.6) is 0 Å². The normalized spacial score (nSPS) is 10.4. The zero-order valence-electron chi connectivity index (χ0n) is 15.5. The highest BCUT2D eigenvalue weighted by atomic mass is 32.1. The molecule has 0 saturated carbocycles. The van der Waals surface area contributed by atoms with Crippen molar-refractivity contribution in [3.05, 3.63) is 41.3 Å². The number of nitriles is 1. The molecule has 0 radical (unpaired) electrons. The van der Waals surface area contributed by atoms with Crippen molar-refractivity contribution in [2.24, 2.45) is 0 Å². The fourth-order valence-electron chi connectivity index (χ4n) is 2.53. The number of rotatable bonds is 9. The second kappa shape index (κ2) is 10.5. The predicted molar refractivity (Wildman–Crippen MR) is 107 cm³/mol. The monoisotopic (exact) mass is 385 g/mol. The minimum absolute atomic E-state index is 0.164. The minimum atomic E-state index is -0.447. The van der Waals surface area contributed by atoms with Gasteiger partial charge in [-0.1, -0.05) is 37.3 Å². The molecule has 2 aromatic rings. The molecule has 7 heteroatoms. The molecular formula is C20H23N3O3S. The van der Waals surface area contributed by atoms with E-state index in [1.807, 2.05) is 42.2 Å². The van der Waals surface area contributed by atoms with Crippen LogP contribution in [0.1, 0.15) is 29.9 Å². The van der Waals surface area contributed by atoms with Crippen LogP contribution in [0.15, 0.2) is 36.4 Å². The summed E-state index contributed by atoms with van der Waals surface area (Å²) in [5.74, 6) is -0.672. The van der Waals surface area contributed by atoms with Crippen molar-refractivity contribution < 1.29 is 14.3 Å². The smallest absolute Gasteiger partial charge is 0.350 e. The molecule has 0 fully saturated rings. The number of ether oxygens (including phenoxy) is 1. The van der Waals surface area contributed by atoms with E-state index in [-0.39, 0.29) is 19.1 Å².